The zero-order valence-electron chi connectivity index (χ0n) is 14.3. The summed E-state index contributed by atoms with van der Waals surface area (Å²) in [6.45, 7) is 3.21. The number of alkyl halides is 3. The zero-order valence-corrected chi connectivity index (χ0v) is 14.3. The number of para-hydroxylation sites is 1. The van der Waals surface area contributed by atoms with Gasteiger partial charge in [0.25, 0.3) is 5.91 Å². The molecule has 0 radical (unpaired) electrons. The Balaban J connectivity index is 1.97. The lowest BCUT2D eigenvalue weighted by atomic mass is 10.1. The second-order valence-corrected chi connectivity index (χ2v) is 5.83. The molecule has 1 atom stereocenters. The Hall–Kier alpha value is -2.83. The van der Waals surface area contributed by atoms with Gasteiger partial charge in [-0.2, -0.15) is 13.2 Å². The van der Waals surface area contributed by atoms with Crippen LogP contribution in [0.2, 0.25) is 0 Å². The molecule has 4 nitrogen and oxygen atoms in total. The number of ether oxygens (including phenoxy) is 1. The van der Waals surface area contributed by atoms with Gasteiger partial charge in [0.2, 0.25) is 0 Å². The Kier molecular flexibility index (Phi) is 6.02. The van der Waals surface area contributed by atoms with E-state index in [1.807, 2.05) is 19.1 Å². The van der Waals surface area contributed by atoms with Gasteiger partial charge in [0.1, 0.15) is 0 Å². The smallest absolute Gasteiger partial charge is 0.418 e. The van der Waals surface area contributed by atoms with Crippen molar-refractivity contribution in [2.45, 2.75) is 32.5 Å². The van der Waals surface area contributed by atoms with Crippen molar-refractivity contribution in [2.75, 3.05) is 5.32 Å². The molecule has 0 unspecified atom stereocenters. The summed E-state index contributed by atoms with van der Waals surface area (Å²) in [6.07, 6.45) is -5.86. The Labute approximate surface area is 149 Å². The number of anilines is 1. The van der Waals surface area contributed by atoms with E-state index in [1.54, 1.807) is 12.1 Å². The van der Waals surface area contributed by atoms with Crippen LogP contribution < -0.4 is 5.32 Å². The maximum atomic E-state index is 12.9. The van der Waals surface area contributed by atoms with Crippen molar-refractivity contribution < 1.29 is 27.5 Å². The zero-order chi connectivity index (χ0) is 19.3. The fourth-order valence-corrected chi connectivity index (χ4v) is 2.24. The van der Waals surface area contributed by atoms with Gasteiger partial charge in [-0.3, -0.25) is 9.59 Å². The lowest BCUT2D eigenvalue weighted by Crippen LogP contribution is -2.31. The average Bonchev–Trinajstić information content (AvgIpc) is 2.56. The van der Waals surface area contributed by atoms with Crippen molar-refractivity contribution in [2.24, 2.45) is 0 Å². The van der Waals surface area contributed by atoms with Crippen molar-refractivity contribution in [3.63, 3.8) is 0 Å². The summed E-state index contributed by atoms with van der Waals surface area (Å²) in [7, 11) is 0. The molecule has 0 saturated carbocycles. The van der Waals surface area contributed by atoms with Crippen LogP contribution >= 0.6 is 0 Å². The molecule has 138 valence electrons. The summed E-state index contributed by atoms with van der Waals surface area (Å²) in [5, 5.41) is 2.16. The quantitative estimate of drug-likeness (QED) is 0.811. The van der Waals surface area contributed by atoms with E-state index < -0.39 is 29.7 Å². The molecule has 0 fully saturated rings. The molecule has 0 aliphatic carbocycles. The number of hydrogen-bond donors (Lipinski definition) is 1. The lowest BCUT2D eigenvalue weighted by Gasteiger charge is -2.16. The van der Waals surface area contributed by atoms with Gasteiger partial charge < -0.3 is 10.1 Å². The number of esters is 1. The molecule has 0 saturated heterocycles. The molecule has 0 aliphatic heterocycles. The minimum atomic E-state index is -4.60. The van der Waals surface area contributed by atoms with Crippen LogP contribution in [0.3, 0.4) is 0 Å². The van der Waals surface area contributed by atoms with Crippen molar-refractivity contribution in [1.82, 2.24) is 0 Å². The third kappa shape index (κ3) is 5.34. The highest BCUT2D eigenvalue weighted by Crippen LogP contribution is 2.34. The molecule has 0 heterocycles. The Morgan fingerprint density at radius 3 is 2.31 bits per heavy atom. The molecule has 26 heavy (non-hydrogen) atoms. The molecular formula is C19H18F3NO3. The molecule has 2 aromatic carbocycles. The molecule has 0 spiro atoms. The van der Waals surface area contributed by atoms with Crippen LogP contribution in [0.15, 0.2) is 48.5 Å². The molecule has 7 heteroatoms. The number of hydrogen-bond acceptors (Lipinski definition) is 3. The van der Waals surface area contributed by atoms with Gasteiger partial charge in [-0.05, 0) is 31.5 Å². The van der Waals surface area contributed by atoms with E-state index in [0.717, 1.165) is 23.3 Å². The standard InChI is InChI=1S/C19H18F3NO3/c1-12-7-9-14(10-8-12)11-17(24)26-13(2)18(25)23-16-6-4-3-5-15(16)19(20,21)22/h3-10,13H,11H2,1-2H3,(H,23,25)/t13-/m0/s1. The van der Waals surface area contributed by atoms with Crippen LogP contribution in [0.1, 0.15) is 23.6 Å². The van der Waals surface area contributed by atoms with E-state index in [1.165, 1.54) is 19.1 Å². The van der Waals surface area contributed by atoms with E-state index in [0.29, 0.717) is 0 Å². The average molecular weight is 365 g/mol. The lowest BCUT2D eigenvalue weighted by molar-refractivity contribution is -0.152. The highest BCUT2D eigenvalue weighted by atomic mass is 19.4. The predicted molar refractivity (Wildman–Crippen MR) is 90.5 cm³/mol. The molecular weight excluding hydrogens is 347 g/mol. The van der Waals surface area contributed by atoms with E-state index in [2.05, 4.69) is 5.32 Å². The Morgan fingerprint density at radius 1 is 1.08 bits per heavy atom. The second-order valence-electron chi connectivity index (χ2n) is 5.83. The Bertz CT molecular complexity index is 785. The van der Waals surface area contributed by atoms with Crippen molar-refractivity contribution in [1.29, 1.82) is 0 Å². The maximum Gasteiger partial charge on any atom is 0.418 e. The van der Waals surface area contributed by atoms with E-state index >= 15 is 0 Å². The minimum absolute atomic E-state index is 0.0307. The van der Waals surface area contributed by atoms with Crippen LogP contribution in [-0.4, -0.2) is 18.0 Å². The Morgan fingerprint density at radius 2 is 1.69 bits per heavy atom. The van der Waals surface area contributed by atoms with Crippen molar-refractivity contribution in [3.8, 4) is 0 Å². The molecule has 0 aromatic heterocycles. The molecule has 0 aliphatic rings. The number of halogens is 3. The molecule has 0 bridgehead atoms. The first-order chi connectivity index (χ1) is 12.2. The van der Waals surface area contributed by atoms with Gasteiger partial charge in [0.05, 0.1) is 17.7 Å². The highest BCUT2D eigenvalue weighted by molar-refractivity contribution is 5.95. The van der Waals surface area contributed by atoms with Gasteiger partial charge in [-0.15, -0.1) is 0 Å². The van der Waals surface area contributed by atoms with Crippen molar-refractivity contribution >= 4 is 17.6 Å². The second kappa shape index (κ2) is 8.03. The third-order valence-electron chi connectivity index (χ3n) is 3.64. The summed E-state index contributed by atoms with van der Waals surface area (Å²) in [5.74, 6) is -1.47. The number of amides is 1. The number of nitrogens with one attached hydrogen (secondary N) is 1. The van der Waals surface area contributed by atoms with Crippen molar-refractivity contribution in [3.05, 3.63) is 65.2 Å². The molecule has 1 N–H and O–H groups in total. The highest BCUT2D eigenvalue weighted by Gasteiger charge is 2.34. The fourth-order valence-electron chi connectivity index (χ4n) is 2.24. The van der Waals surface area contributed by atoms with E-state index in [9.17, 15) is 22.8 Å². The predicted octanol–water partition coefficient (Wildman–Crippen LogP) is 4.13. The number of carbonyl (C=O) groups excluding carboxylic acids is 2. The summed E-state index contributed by atoms with van der Waals surface area (Å²) in [5.41, 5.74) is 0.409. The summed E-state index contributed by atoms with van der Waals surface area (Å²) >= 11 is 0. The number of aryl methyl sites for hydroxylation is 1. The summed E-state index contributed by atoms with van der Waals surface area (Å²) < 4.78 is 43.8. The first kappa shape index (κ1) is 19.5. The van der Waals surface area contributed by atoms with E-state index in [-0.39, 0.29) is 12.1 Å². The summed E-state index contributed by atoms with van der Waals surface area (Å²) in [6, 6.07) is 11.8. The van der Waals surface area contributed by atoms with Crippen LogP contribution in [-0.2, 0) is 26.9 Å². The summed E-state index contributed by atoms with van der Waals surface area (Å²) in [4.78, 5) is 24.0. The number of rotatable bonds is 5. The van der Waals surface area contributed by atoms with E-state index in [4.69, 9.17) is 4.74 Å². The third-order valence-corrected chi connectivity index (χ3v) is 3.64. The monoisotopic (exact) mass is 365 g/mol. The SMILES string of the molecule is Cc1ccc(CC(=O)O[C@@H](C)C(=O)Nc2ccccc2C(F)(F)F)cc1. The largest absolute Gasteiger partial charge is 0.452 e. The van der Waals surface area contributed by atoms with Crippen LogP contribution in [0.5, 0.6) is 0 Å². The first-order valence-corrected chi connectivity index (χ1v) is 7.89. The van der Waals surface area contributed by atoms with Crippen LogP contribution in [0.4, 0.5) is 18.9 Å². The minimum Gasteiger partial charge on any atom is -0.452 e. The van der Waals surface area contributed by atoms with Gasteiger partial charge in [-0.1, -0.05) is 42.0 Å². The first-order valence-electron chi connectivity index (χ1n) is 7.89. The van der Waals surface area contributed by atoms with Gasteiger partial charge in [0, 0.05) is 0 Å². The van der Waals surface area contributed by atoms with Gasteiger partial charge in [-0.25, -0.2) is 0 Å². The van der Waals surface area contributed by atoms with Gasteiger partial charge >= 0.3 is 12.1 Å². The number of carbonyl (C=O) groups is 2. The molecule has 2 aromatic rings. The van der Waals surface area contributed by atoms with Gasteiger partial charge in [0.15, 0.2) is 6.10 Å². The molecule has 1 amide bonds. The van der Waals surface area contributed by atoms with Crippen LogP contribution in [0.25, 0.3) is 0 Å². The molecule has 2 rings (SSSR count). The van der Waals surface area contributed by atoms with Crippen LogP contribution in [0, 0.1) is 6.92 Å². The number of benzene rings is 2. The topological polar surface area (TPSA) is 55.4 Å². The normalized spacial score (nSPS) is 12.3. The maximum absolute atomic E-state index is 12.9. The fraction of sp³-hybridized carbons (Fsp3) is 0.263.